The molecule has 74 heavy (non-hydrogen) atoms. The lowest BCUT2D eigenvalue weighted by atomic mass is 10.1. The summed E-state index contributed by atoms with van der Waals surface area (Å²) in [6.45, 7) is 15.8. The third-order valence-corrected chi connectivity index (χ3v) is 11.2. The average molecular weight is 1150 g/mol. The summed E-state index contributed by atoms with van der Waals surface area (Å²) in [6, 6.07) is -10.9. The Balaban J connectivity index is 6.79. The lowest BCUT2D eigenvalue weighted by Crippen LogP contribution is -2.54. The minimum absolute atomic E-state index is 0.463. The van der Waals surface area contributed by atoms with Gasteiger partial charge in [0.1, 0.15) is 46.6 Å². The maximum Gasteiger partial charge on any atom is 0.408 e. The standard InChI is InChI=1S/C40H68N6O24S4/c1-37(2,3)67-33(55)21(45-35(57)69-39(7,8)9)13-15-27(47)41-25(29(49)43-23(31(51)52)17-65-73(59,60)61)19-71-72-20-26(30(50)44-24(32(53)54)18-66-74(62,63)64)42-28(48)16-14-22(34(56)68-38(4,5)6)46-36(58)70-40(10,11)12/h21-26H,13-20H2,1-12H3,(H,41,47)(H,42,48)(H,43,49)(H,44,50)(H,45,57)(H,46,58)(H,51,52)(H,53,54)(H,59,60,61)(H,62,63,64)/t21-,22-,23-,24-,25-,26-/m0/s1. The largest absolute Gasteiger partial charge is 0.480 e. The first-order valence-electron chi connectivity index (χ1n) is 21.9. The fourth-order valence-electron chi connectivity index (χ4n) is 5.03. The second-order valence-corrected chi connectivity index (χ2v) is 24.3. The van der Waals surface area contributed by atoms with Crippen LogP contribution in [0.5, 0.6) is 0 Å². The summed E-state index contributed by atoms with van der Waals surface area (Å²) < 4.78 is 91.9. The molecule has 0 radical (unpaired) electrons. The van der Waals surface area contributed by atoms with Gasteiger partial charge in [-0.25, -0.2) is 37.1 Å². The minimum Gasteiger partial charge on any atom is -0.480 e. The Kier molecular flexibility index (Phi) is 27.6. The smallest absolute Gasteiger partial charge is 0.408 e. The summed E-state index contributed by atoms with van der Waals surface area (Å²) in [5.74, 6) is -11.4. The molecule has 0 aromatic carbocycles. The number of carboxylic acids is 2. The van der Waals surface area contributed by atoms with Crippen LogP contribution in [0.3, 0.4) is 0 Å². The number of rotatable bonds is 29. The molecule has 0 saturated carbocycles. The van der Waals surface area contributed by atoms with E-state index in [1.807, 2.05) is 10.6 Å². The van der Waals surface area contributed by atoms with Gasteiger partial charge in [0, 0.05) is 24.3 Å². The van der Waals surface area contributed by atoms with Crippen molar-refractivity contribution >= 4 is 102 Å². The summed E-state index contributed by atoms with van der Waals surface area (Å²) in [5, 5.41) is 32.3. The zero-order valence-corrected chi connectivity index (χ0v) is 46.0. The topological polar surface area (TPSA) is 447 Å². The minimum atomic E-state index is -5.23. The predicted octanol–water partition coefficient (Wildman–Crippen LogP) is 0.145. The van der Waals surface area contributed by atoms with Gasteiger partial charge in [-0.15, -0.1) is 0 Å². The Morgan fingerprint density at radius 2 is 0.716 bits per heavy atom. The molecule has 6 amide bonds. The van der Waals surface area contributed by atoms with Gasteiger partial charge in [0.25, 0.3) is 0 Å². The van der Waals surface area contributed by atoms with E-state index in [1.54, 1.807) is 41.5 Å². The fraction of sp³-hybridized carbons (Fsp3) is 0.750. The first kappa shape index (κ1) is 68.7. The van der Waals surface area contributed by atoms with E-state index in [2.05, 4.69) is 29.6 Å². The van der Waals surface area contributed by atoms with Crippen LogP contribution in [0.2, 0.25) is 0 Å². The molecule has 0 bridgehead atoms. The van der Waals surface area contributed by atoms with Crippen molar-refractivity contribution in [1.82, 2.24) is 31.9 Å². The zero-order chi connectivity index (χ0) is 57.8. The Morgan fingerprint density at radius 3 is 0.959 bits per heavy atom. The Hall–Kier alpha value is -5.26. The number of aliphatic carboxylic acids is 2. The SMILES string of the molecule is CC(C)(C)OC(=O)N[C@@H](CCC(=O)N[C@@H](CSSC[C@H](NC(=O)CC[C@H](NC(=O)OC(C)(C)C)C(=O)OC(C)(C)C)C(=O)N[C@@H](COS(=O)(=O)O)C(=O)O)C(=O)N[C@@H](COS(=O)(=O)O)C(=O)O)C(=O)OC(C)(C)C. The molecule has 0 unspecified atom stereocenters. The molecule has 0 saturated heterocycles. The quantitative estimate of drug-likeness (QED) is 0.0157. The van der Waals surface area contributed by atoms with Gasteiger partial charge in [-0.2, -0.15) is 16.8 Å². The highest BCUT2D eigenvalue weighted by atomic mass is 33.1. The maximum absolute atomic E-state index is 13.5. The number of hydrogen-bond acceptors (Lipinski definition) is 22. The molecule has 10 N–H and O–H groups in total. The van der Waals surface area contributed by atoms with Crippen molar-refractivity contribution in [2.24, 2.45) is 0 Å². The second kappa shape index (κ2) is 29.7. The molecule has 0 aliphatic carbocycles. The molecule has 0 rings (SSSR count). The molecule has 0 aliphatic heterocycles. The van der Waals surface area contributed by atoms with Gasteiger partial charge in [0.15, 0.2) is 12.1 Å². The second-order valence-electron chi connectivity index (χ2n) is 19.6. The molecule has 0 aromatic rings. The van der Waals surface area contributed by atoms with Gasteiger partial charge in [-0.05, 0) is 95.9 Å². The van der Waals surface area contributed by atoms with Gasteiger partial charge in [-0.3, -0.25) is 28.3 Å². The lowest BCUT2D eigenvalue weighted by molar-refractivity contribution is -0.158. The van der Waals surface area contributed by atoms with E-state index in [0.29, 0.717) is 21.6 Å². The number of esters is 2. The highest BCUT2D eigenvalue weighted by Gasteiger charge is 2.34. The van der Waals surface area contributed by atoms with Crippen LogP contribution in [0.1, 0.15) is 109 Å². The number of carboxylic acid groups (broad SMARTS) is 2. The van der Waals surface area contributed by atoms with Crippen molar-refractivity contribution in [3.8, 4) is 0 Å². The number of ether oxygens (including phenoxy) is 4. The van der Waals surface area contributed by atoms with E-state index in [-0.39, 0.29) is 0 Å². The molecular weight excluding hydrogens is 1080 g/mol. The summed E-state index contributed by atoms with van der Waals surface area (Å²) >= 11 is 0. The van der Waals surface area contributed by atoms with E-state index in [9.17, 15) is 75.0 Å². The average Bonchev–Trinajstić information content (AvgIpc) is 3.17. The summed E-state index contributed by atoms with van der Waals surface area (Å²) in [4.78, 5) is 129. The van der Waals surface area contributed by atoms with Crippen LogP contribution in [0.25, 0.3) is 0 Å². The molecular formula is C40H68N6O24S4. The normalized spacial score (nSPS) is 14.7. The lowest BCUT2D eigenvalue weighted by Gasteiger charge is -2.26. The van der Waals surface area contributed by atoms with Crippen LogP contribution in [0, 0.1) is 0 Å². The van der Waals surface area contributed by atoms with Crippen LogP contribution in [-0.4, -0.2) is 179 Å². The van der Waals surface area contributed by atoms with Gasteiger partial charge in [0.05, 0.1) is 13.2 Å². The third kappa shape index (κ3) is 34.3. The summed E-state index contributed by atoms with van der Waals surface area (Å²) in [5.41, 5.74) is -4.14. The van der Waals surface area contributed by atoms with Gasteiger partial charge in [0.2, 0.25) is 23.6 Å². The molecule has 0 heterocycles. The van der Waals surface area contributed by atoms with Crippen LogP contribution in [0.15, 0.2) is 0 Å². The first-order chi connectivity index (χ1) is 33.3. The number of hydrogen-bond donors (Lipinski definition) is 10. The van der Waals surface area contributed by atoms with E-state index < -0.39 is 190 Å². The fourth-order valence-corrected chi connectivity index (χ4v) is 7.97. The van der Waals surface area contributed by atoms with E-state index in [0.717, 1.165) is 0 Å². The number of carbonyl (C=O) groups excluding carboxylic acids is 8. The van der Waals surface area contributed by atoms with Crippen LogP contribution in [0.4, 0.5) is 9.59 Å². The molecule has 426 valence electrons. The van der Waals surface area contributed by atoms with E-state index in [4.69, 9.17) is 28.1 Å². The number of carbonyl (C=O) groups is 10. The van der Waals surface area contributed by atoms with Crippen molar-refractivity contribution in [3.05, 3.63) is 0 Å². The molecule has 6 atom stereocenters. The Labute approximate surface area is 435 Å². The first-order valence-corrected chi connectivity index (χ1v) is 27.1. The van der Waals surface area contributed by atoms with E-state index in [1.165, 1.54) is 41.5 Å². The molecule has 0 aliphatic rings. The zero-order valence-electron chi connectivity index (χ0n) is 42.7. The predicted molar refractivity (Wildman–Crippen MR) is 259 cm³/mol. The van der Waals surface area contributed by atoms with Crippen LogP contribution >= 0.6 is 21.6 Å². The van der Waals surface area contributed by atoms with Crippen molar-refractivity contribution in [1.29, 1.82) is 0 Å². The molecule has 0 aromatic heterocycles. The highest BCUT2D eigenvalue weighted by Crippen LogP contribution is 2.24. The van der Waals surface area contributed by atoms with Crippen molar-refractivity contribution in [2.75, 3.05) is 24.7 Å². The van der Waals surface area contributed by atoms with Crippen molar-refractivity contribution in [3.63, 3.8) is 0 Å². The Morgan fingerprint density at radius 1 is 0.432 bits per heavy atom. The highest BCUT2D eigenvalue weighted by molar-refractivity contribution is 8.76. The molecule has 0 spiro atoms. The van der Waals surface area contributed by atoms with Crippen molar-refractivity contribution in [2.45, 2.75) is 167 Å². The van der Waals surface area contributed by atoms with Crippen LogP contribution in [-0.2, 0) is 86.5 Å². The molecule has 30 nitrogen and oxygen atoms in total. The van der Waals surface area contributed by atoms with Gasteiger partial charge in [-0.1, -0.05) is 21.6 Å². The monoisotopic (exact) mass is 1140 g/mol. The van der Waals surface area contributed by atoms with Crippen LogP contribution < -0.4 is 31.9 Å². The van der Waals surface area contributed by atoms with E-state index >= 15 is 0 Å². The third-order valence-electron chi connectivity index (χ3n) is 7.94. The number of amides is 6. The van der Waals surface area contributed by atoms with Gasteiger partial charge < -0.3 is 61.1 Å². The number of nitrogens with one attached hydrogen (secondary N) is 6. The number of alkyl carbamates (subject to hydrolysis) is 2. The van der Waals surface area contributed by atoms with Crippen molar-refractivity contribution < 1.29 is 111 Å². The summed E-state index contributed by atoms with van der Waals surface area (Å²) in [6.07, 6.45) is -4.29. The maximum atomic E-state index is 13.5. The Bertz CT molecular complexity index is 2070. The molecule has 0 fully saturated rings. The molecule has 34 heteroatoms. The summed E-state index contributed by atoms with van der Waals surface area (Å²) in [7, 11) is -9.14. The van der Waals surface area contributed by atoms with Gasteiger partial charge >= 0.3 is 56.9 Å².